The predicted octanol–water partition coefficient (Wildman–Crippen LogP) is 2.13. The second kappa shape index (κ2) is 8.40. The topological polar surface area (TPSA) is 59.3 Å². The molecule has 23 heavy (non-hydrogen) atoms. The molecule has 0 amide bonds. The Morgan fingerprint density at radius 3 is 2.74 bits per heavy atom. The molecule has 7 heteroatoms. The minimum absolute atomic E-state index is 0.268. The molecular formula is C16H21ClFN3O2. The van der Waals surface area contributed by atoms with Gasteiger partial charge >= 0.3 is 0 Å². The second-order valence-corrected chi connectivity index (χ2v) is 5.74. The third-order valence-electron chi connectivity index (χ3n) is 3.47. The zero-order valence-corrected chi connectivity index (χ0v) is 14.0. The van der Waals surface area contributed by atoms with Gasteiger partial charge in [-0.2, -0.15) is 5.10 Å². The summed E-state index contributed by atoms with van der Waals surface area (Å²) in [6.45, 7) is 3.56. The molecule has 0 saturated heterocycles. The number of hydrogen-bond acceptors (Lipinski definition) is 4. The molecule has 1 unspecified atom stereocenters. The Bertz CT molecular complexity index is 631. The molecule has 0 saturated carbocycles. The van der Waals surface area contributed by atoms with Gasteiger partial charge in [0, 0.05) is 25.8 Å². The van der Waals surface area contributed by atoms with Gasteiger partial charge in [0.1, 0.15) is 11.0 Å². The molecule has 1 atom stereocenters. The van der Waals surface area contributed by atoms with Crippen LogP contribution in [0, 0.1) is 12.7 Å². The molecule has 1 aromatic carbocycles. The maximum atomic E-state index is 12.9. The first-order valence-corrected chi connectivity index (χ1v) is 7.73. The number of hydrogen-bond donors (Lipinski definition) is 2. The van der Waals surface area contributed by atoms with E-state index in [0.29, 0.717) is 24.8 Å². The minimum atomic E-state index is -0.562. The van der Waals surface area contributed by atoms with Crippen molar-refractivity contribution < 1.29 is 14.2 Å². The molecular weight excluding hydrogens is 321 g/mol. The number of halogens is 2. The van der Waals surface area contributed by atoms with Crippen LogP contribution in [0.3, 0.4) is 0 Å². The highest BCUT2D eigenvalue weighted by atomic mass is 35.5. The van der Waals surface area contributed by atoms with E-state index in [1.54, 1.807) is 23.9 Å². The summed E-state index contributed by atoms with van der Waals surface area (Å²) in [4.78, 5) is 0. The fourth-order valence-electron chi connectivity index (χ4n) is 2.27. The lowest BCUT2D eigenvalue weighted by Gasteiger charge is -2.10. The summed E-state index contributed by atoms with van der Waals surface area (Å²) < 4.78 is 19.5. The van der Waals surface area contributed by atoms with Gasteiger partial charge in [0.25, 0.3) is 0 Å². The third-order valence-corrected chi connectivity index (χ3v) is 3.89. The lowest BCUT2D eigenvalue weighted by atomic mass is 10.2. The average Bonchev–Trinajstić information content (AvgIpc) is 2.77. The van der Waals surface area contributed by atoms with Gasteiger partial charge in [0.2, 0.25) is 0 Å². The van der Waals surface area contributed by atoms with Gasteiger partial charge in [-0.3, -0.25) is 0 Å². The lowest BCUT2D eigenvalue weighted by Crippen LogP contribution is -2.29. The predicted molar refractivity (Wildman–Crippen MR) is 87.1 cm³/mol. The quantitative estimate of drug-likeness (QED) is 0.772. The maximum Gasteiger partial charge on any atom is 0.132 e. The molecule has 0 bridgehead atoms. The molecule has 0 aliphatic carbocycles. The van der Waals surface area contributed by atoms with Gasteiger partial charge in [0.05, 0.1) is 24.9 Å². The first-order valence-electron chi connectivity index (χ1n) is 7.35. The van der Waals surface area contributed by atoms with Gasteiger partial charge < -0.3 is 15.2 Å². The largest absolute Gasteiger partial charge is 0.389 e. The van der Waals surface area contributed by atoms with Crippen molar-refractivity contribution in [2.75, 3.05) is 20.3 Å². The summed E-state index contributed by atoms with van der Waals surface area (Å²) >= 11 is 6.39. The number of aromatic nitrogens is 2. The summed E-state index contributed by atoms with van der Waals surface area (Å²) in [5.74, 6) is -0.268. The Kier molecular flexibility index (Phi) is 6.53. The van der Waals surface area contributed by atoms with Crippen LogP contribution in [0.2, 0.25) is 5.15 Å². The van der Waals surface area contributed by atoms with E-state index >= 15 is 0 Å². The van der Waals surface area contributed by atoms with Crippen molar-refractivity contribution in [1.82, 2.24) is 15.1 Å². The number of aliphatic hydroxyl groups excluding tert-OH is 1. The van der Waals surface area contributed by atoms with E-state index in [4.69, 9.17) is 16.3 Å². The summed E-state index contributed by atoms with van der Waals surface area (Å²) in [6, 6.07) is 6.25. The molecule has 0 aliphatic rings. The van der Waals surface area contributed by atoms with E-state index in [1.807, 2.05) is 6.92 Å². The summed E-state index contributed by atoms with van der Waals surface area (Å²) in [6.07, 6.45) is -0.562. The van der Waals surface area contributed by atoms with Crippen LogP contribution < -0.4 is 5.32 Å². The Hall–Kier alpha value is -1.47. The van der Waals surface area contributed by atoms with E-state index in [9.17, 15) is 9.50 Å². The number of methoxy groups -OCH3 is 1. The van der Waals surface area contributed by atoms with Crippen LogP contribution >= 0.6 is 11.6 Å². The SMILES string of the molecule is COCC(O)CNCc1c(C)nn(Cc2ccc(F)cc2)c1Cl. The first kappa shape index (κ1) is 17.9. The van der Waals surface area contributed by atoms with Crippen molar-refractivity contribution in [3.8, 4) is 0 Å². The first-order chi connectivity index (χ1) is 11.0. The van der Waals surface area contributed by atoms with Crippen LogP contribution in [0.4, 0.5) is 4.39 Å². The van der Waals surface area contributed by atoms with Crippen molar-refractivity contribution in [1.29, 1.82) is 0 Å². The average molecular weight is 342 g/mol. The molecule has 0 spiro atoms. The molecule has 126 valence electrons. The van der Waals surface area contributed by atoms with Gasteiger partial charge in [-0.25, -0.2) is 9.07 Å². The van der Waals surface area contributed by atoms with Gasteiger partial charge in [0.15, 0.2) is 0 Å². The Balaban J connectivity index is 1.99. The van der Waals surface area contributed by atoms with Crippen LogP contribution in [0.15, 0.2) is 24.3 Å². The molecule has 2 rings (SSSR count). The van der Waals surface area contributed by atoms with Crippen molar-refractivity contribution in [2.24, 2.45) is 0 Å². The number of benzene rings is 1. The molecule has 0 aliphatic heterocycles. The third kappa shape index (κ3) is 5.00. The number of ether oxygens (including phenoxy) is 1. The fourth-order valence-corrected chi connectivity index (χ4v) is 2.57. The van der Waals surface area contributed by atoms with Crippen LogP contribution in [0.25, 0.3) is 0 Å². The van der Waals surface area contributed by atoms with E-state index < -0.39 is 6.10 Å². The van der Waals surface area contributed by atoms with Crippen molar-refractivity contribution in [3.05, 3.63) is 52.1 Å². The molecule has 0 radical (unpaired) electrons. The van der Waals surface area contributed by atoms with E-state index in [1.165, 1.54) is 12.1 Å². The molecule has 2 aromatic rings. The van der Waals surface area contributed by atoms with Crippen LogP contribution in [-0.2, 0) is 17.8 Å². The van der Waals surface area contributed by atoms with Gasteiger partial charge in [-0.15, -0.1) is 0 Å². The number of aryl methyl sites for hydroxylation is 1. The standard InChI is InChI=1S/C16H21ClFN3O2/c1-11-15(8-19-7-14(22)10-23-2)16(17)21(20-11)9-12-3-5-13(18)6-4-12/h3-6,14,19,22H,7-10H2,1-2H3. The molecule has 0 fully saturated rings. The molecule has 1 heterocycles. The van der Waals surface area contributed by atoms with E-state index in [0.717, 1.165) is 16.8 Å². The van der Waals surface area contributed by atoms with Crippen LogP contribution in [0.5, 0.6) is 0 Å². The Morgan fingerprint density at radius 2 is 2.09 bits per heavy atom. The second-order valence-electron chi connectivity index (χ2n) is 5.38. The van der Waals surface area contributed by atoms with Crippen molar-refractivity contribution in [3.63, 3.8) is 0 Å². The zero-order chi connectivity index (χ0) is 16.8. The maximum absolute atomic E-state index is 12.9. The highest BCUT2D eigenvalue weighted by molar-refractivity contribution is 6.30. The van der Waals surface area contributed by atoms with Gasteiger partial charge in [-0.1, -0.05) is 23.7 Å². The van der Waals surface area contributed by atoms with Crippen LogP contribution in [0.1, 0.15) is 16.8 Å². The summed E-state index contributed by atoms with van der Waals surface area (Å²) in [7, 11) is 1.55. The van der Waals surface area contributed by atoms with Crippen molar-refractivity contribution >= 4 is 11.6 Å². The molecule has 5 nitrogen and oxygen atoms in total. The number of nitrogens with zero attached hydrogens (tertiary/aromatic N) is 2. The van der Waals surface area contributed by atoms with Crippen molar-refractivity contribution in [2.45, 2.75) is 26.1 Å². The Labute approximate surface area is 140 Å². The minimum Gasteiger partial charge on any atom is -0.389 e. The number of nitrogens with one attached hydrogen (secondary N) is 1. The molecule has 2 N–H and O–H groups in total. The summed E-state index contributed by atoms with van der Waals surface area (Å²) in [5.41, 5.74) is 2.63. The van der Waals surface area contributed by atoms with Crippen LogP contribution in [-0.4, -0.2) is 41.3 Å². The van der Waals surface area contributed by atoms with Gasteiger partial charge in [-0.05, 0) is 24.6 Å². The molecule has 1 aromatic heterocycles. The normalized spacial score (nSPS) is 12.6. The Morgan fingerprint density at radius 1 is 1.39 bits per heavy atom. The smallest absolute Gasteiger partial charge is 0.132 e. The van der Waals surface area contributed by atoms with E-state index in [2.05, 4.69) is 10.4 Å². The number of aliphatic hydroxyl groups is 1. The highest BCUT2D eigenvalue weighted by Crippen LogP contribution is 2.20. The lowest BCUT2D eigenvalue weighted by molar-refractivity contribution is 0.0644. The zero-order valence-electron chi connectivity index (χ0n) is 13.2. The van der Waals surface area contributed by atoms with E-state index in [-0.39, 0.29) is 12.4 Å². The highest BCUT2D eigenvalue weighted by Gasteiger charge is 2.14. The summed E-state index contributed by atoms with van der Waals surface area (Å²) in [5, 5.41) is 17.7. The fraction of sp³-hybridized carbons (Fsp3) is 0.438. The number of rotatable bonds is 8. The monoisotopic (exact) mass is 341 g/mol.